The summed E-state index contributed by atoms with van der Waals surface area (Å²) in [5.74, 6) is -1.67. The summed E-state index contributed by atoms with van der Waals surface area (Å²) in [6.07, 6.45) is 1.44. The molecule has 104 valence electrons. The molecule has 0 aromatic heterocycles. The van der Waals surface area contributed by atoms with E-state index in [-0.39, 0.29) is 23.9 Å². The summed E-state index contributed by atoms with van der Waals surface area (Å²) in [6.45, 7) is 2.29. The van der Waals surface area contributed by atoms with E-state index in [1.807, 2.05) is 0 Å². The summed E-state index contributed by atoms with van der Waals surface area (Å²) in [5, 5.41) is 0. The Morgan fingerprint density at radius 1 is 1.37 bits per heavy atom. The van der Waals surface area contributed by atoms with Gasteiger partial charge in [-0.3, -0.25) is 4.79 Å². The van der Waals surface area contributed by atoms with E-state index >= 15 is 0 Å². The summed E-state index contributed by atoms with van der Waals surface area (Å²) >= 11 is 0. The number of benzene rings is 1. The lowest BCUT2D eigenvalue weighted by Crippen LogP contribution is -2.25. The van der Waals surface area contributed by atoms with Crippen LogP contribution in [0.1, 0.15) is 23.2 Å². The minimum absolute atomic E-state index is 0.0972. The van der Waals surface area contributed by atoms with Crippen molar-refractivity contribution in [2.75, 3.05) is 26.7 Å². The highest BCUT2D eigenvalue weighted by molar-refractivity contribution is 5.96. The van der Waals surface area contributed by atoms with Gasteiger partial charge in [0.15, 0.2) is 5.78 Å². The largest absolute Gasteiger partial charge is 0.380 e. The predicted molar refractivity (Wildman–Crippen MR) is 67.2 cm³/mol. The second-order valence-electron chi connectivity index (χ2n) is 4.78. The van der Waals surface area contributed by atoms with Crippen molar-refractivity contribution in [3.8, 4) is 0 Å². The summed E-state index contributed by atoms with van der Waals surface area (Å²) in [5.41, 5.74) is 0.0972. The molecule has 0 radical (unpaired) electrons. The van der Waals surface area contributed by atoms with E-state index in [4.69, 9.17) is 4.74 Å². The smallest absolute Gasteiger partial charge is 0.164 e. The van der Waals surface area contributed by atoms with Crippen LogP contribution in [0.4, 0.5) is 8.78 Å². The number of methoxy groups -OCH3 is 1. The van der Waals surface area contributed by atoms with Crippen LogP contribution in [0.3, 0.4) is 0 Å². The maximum absolute atomic E-state index is 13.0. The SMILES string of the molecule is COC1CCN(CCC(=O)c2cc(F)cc(F)c2)C1. The molecule has 0 amide bonds. The fourth-order valence-electron chi connectivity index (χ4n) is 2.31. The zero-order valence-electron chi connectivity index (χ0n) is 10.9. The zero-order chi connectivity index (χ0) is 13.8. The Labute approximate surface area is 111 Å². The number of likely N-dealkylation sites (tertiary alicyclic amines) is 1. The van der Waals surface area contributed by atoms with Crippen LogP contribution in [-0.2, 0) is 4.74 Å². The molecule has 2 rings (SSSR count). The van der Waals surface area contributed by atoms with Crippen LogP contribution in [0.5, 0.6) is 0 Å². The van der Waals surface area contributed by atoms with Crippen molar-refractivity contribution < 1.29 is 18.3 Å². The van der Waals surface area contributed by atoms with Gasteiger partial charge in [0.1, 0.15) is 11.6 Å². The second-order valence-corrected chi connectivity index (χ2v) is 4.78. The topological polar surface area (TPSA) is 29.5 Å². The summed E-state index contributed by atoms with van der Waals surface area (Å²) in [7, 11) is 1.68. The van der Waals surface area contributed by atoms with Gasteiger partial charge < -0.3 is 9.64 Å². The van der Waals surface area contributed by atoms with Crippen LogP contribution in [0, 0.1) is 11.6 Å². The van der Waals surface area contributed by atoms with E-state index in [2.05, 4.69) is 4.90 Å². The molecule has 1 aliphatic rings. The molecule has 19 heavy (non-hydrogen) atoms. The molecule has 1 aromatic rings. The molecule has 1 aliphatic heterocycles. The summed E-state index contributed by atoms with van der Waals surface area (Å²) < 4.78 is 31.3. The van der Waals surface area contributed by atoms with Crippen LogP contribution in [0.15, 0.2) is 18.2 Å². The van der Waals surface area contributed by atoms with Crippen molar-refractivity contribution in [1.29, 1.82) is 0 Å². The Morgan fingerprint density at radius 2 is 2.05 bits per heavy atom. The first-order valence-corrected chi connectivity index (χ1v) is 6.33. The number of ether oxygens (including phenoxy) is 1. The fraction of sp³-hybridized carbons (Fsp3) is 0.500. The van der Waals surface area contributed by atoms with Crippen molar-refractivity contribution in [3.05, 3.63) is 35.4 Å². The minimum Gasteiger partial charge on any atom is -0.380 e. The van der Waals surface area contributed by atoms with Crippen molar-refractivity contribution in [1.82, 2.24) is 4.90 Å². The predicted octanol–water partition coefficient (Wildman–Crippen LogP) is 2.26. The molecule has 0 spiro atoms. The van der Waals surface area contributed by atoms with Gasteiger partial charge >= 0.3 is 0 Å². The highest BCUT2D eigenvalue weighted by Gasteiger charge is 2.22. The Balaban J connectivity index is 1.87. The van der Waals surface area contributed by atoms with Gasteiger partial charge in [0.2, 0.25) is 0 Å². The average molecular weight is 269 g/mol. The molecule has 3 nitrogen and oxygen atoms in total. The lowest BCUT2D eigenvalue weighted by Gasteiger charge is -2.14. The molecular formula is C14H17F2NO2. The van der Waals surface area contributed by atoms with Crippen LogP contribution in [0.25, 0.3) is 0 Å². The van der Waals surface area contributed by atoms with E-state index < -0.39 is 11.6 Å². The molecule has 1 saturated heterocycles. The van der Waals surface area contributed by atoms with Crippen molar-refractivity contribution >= 4 is 5.78 Å². The van der Waals surface area contributed by atoms with E-state index in [9.17, 15) is 13.6 Å². The van der Waals surface area contributed by atoms with Gasteiger partial charge in [0.25, 0.3) is 0 Å². The third-order valence-electron chi connectivity index (χ3n) is 3.40. The molecule has 1 heterocycles. The quantitative estimate of drug-likeness (QED) is 0.768. The van der Waals surface area contributed by atoms with Crippen LogP contribution in [-0.4, -0.2) is 43.5 Å². The minimum atomic E-state index is -0.719. The molecule has 0 N–H and O–H groups in total. The Kier molecular flexibility index (Phi) is 4.61. The number of carbonyl (C=O) groups excluding carboxylic acids is 1. The second kappa shape index (κ2) is 6.21. The number of carbonyl (C=O) groups is 1. The standard InChI is InChI=1S/C14H17F2NO2/c1-19-13-2-4-17(9-13)5-3-14(18)10-6-11(15)8-12(16)7-10/h6-8,13H,2-5,9H2,1H3. The van der Waals surface area contributed by atoms with Crippen LogP contribution >= 0.6 is 0 Å². The lowest BCUT2D eigenvalue weighted by molar-refractivity contribution is 0.0943. The van der Waals surface area contributed by atoms with Gasteiger partial charge in [-0.05, 0) is 18.6 Å². The average Bonchev–Trinajstić information content (AvgIpc) is 2.82. The molecule has 0 saturated carbocycles. The molecule has 1 fully saturated rings. The molecular weight excluding hydrogens is 252 g/mol. The maximum atomic E-state index is 13.0. The Bertz CT molecular complexity index is 445. The van der Waals surface area contributed by atoms with E-state index in [1.165, 1.54) is 0 Å². The number of rotatable bonds is 5. The Hall–Kier alpha value is -1.33. The lowest BCUT2D eigenvalue weighted by atomic mass is 10.1. The van der Waals surface area contributed by atoms with E-state index in [1.54, 1.807) is 7.11 Å². The van der Waals surface area contributed by atoms with E-state index in [0.717, 1.165) is 37.7 Å². The number of Topliss-reactive ketones (excluding diaryl/α,β-unsaturated/α-hetero) is 1. The number of hydrogen-bond acceptors (Lipinski definition) is 3. The van der Waals surface area contributed by atoms with Crippen molar-refractivity contribution in [2.24, 2.45) is 0 Å². The highest BCUT2D eigenvalue weighted by Crippen LogP contribution is 2.14. The first kappa shape index (κ1) is 14.1. The first-order valence-electron chi connectivity index (χ1n) is 6.33. The maximum Gasteiger partial charge on any atom is 0.164 e. The molecule has 1 atom stereocenters. The van der Waals surface area contributed by atoms with Gasteiger partial charge in [0, 0.05) is 44.8 Å². The third kappa shape index (κ3) is 3.81. The van der Waals surface area contributed by atoms with Gasteiger partial charge in [-0.2, -0.15) is 0 Å². The summed E-state index contributed by atoms with van der Waals surface area (Å²) in [6, 6.07) is 2.92. The van der Waals surface area contributed by atoms with Gasteiger partial charge in [-0.1, -0.05) is 0 Å². The molecule has 1 aromatic carbocycles. The molecule has 5 heteroatoms. The number of ketones is 1. The normalized spacial score (nSPS) is 19.8. The third-order valence-corrected chi connectivity index (χ3v) is 3.40. The van der Waals surface area contributed by atoms with Crippen LogP contribution < -0.4 is 0 Å². The molecule has 1 unspecified atom stereocenters. The number of nitrogens with zero attached hydrogens (tertiary/aromatic N) is 1. The molecule has 0 bridgehead atoms. The van der Waals surface area contributed by atoms with Crippen molar-refractivity contribution in [2.45, 2.75) is 18.9 Å². The van der Waals surface area contributed by atoms with Crippen LogP contribution in [0.2, 0.25) is 0 Å². The highest BCUT2D eigenvalue weighted by atomic mass is 19.1. The van der Waals surface area contributed by atoms with Crippen molar-refractivity contribution in [3.63, 3.8) is 0 Å². The number of halogens is 2. The monoisotopic (exact) mass is 269 g/mol. The summed E-state index contributed by atoms with van der Waals surface area (Å²) in [4.78, 5) is 14.0. The number of hydrogen-bond donors (Lipinski definition) is 0. The fourth-order valence-corrected chi connectivity index (χ4v) is 2.31. The molecule has 0 aliphatic carbocycles. The van der Waals surface area contributed by atoms with Gasteiger partial charge in [0.05, 0.1) is 6.10 Å². The Morgan fingerprint density at radius 3 is 2.63 bits per heavy atom. The zero-order valence-corrected chi connectivity index (χ0v) is 10.9. The first-order chi connectivity index (χ1) is 9.08. The van der Waals surface area contributed by atoms with Gasteiger partial charge in [-0.25, -0.2) is 8.78 Å². The van der Waals surface area contributed by atoms with Gasteiger partial charge in [-0.15, -0.1) is 0 Å². The van der Waals surface area contributed by atoms with E-state index in [0.29, 0.717) is 6.54 Å².